The van der Waals surface area contributed by atoms with Gasteiger partial charge in [-0.25, -0.2) is 4.98 Å². The number of carbonyl (C=O) groups excluding carboxylic acids is 1. The molecule has 0 spiro atoms. The van der Waals surface area contributed by atoms with Crippen LogP contribution >= 0.6 is 24.8 Å². The number of pyridine rings is 1. The van der Waals surface area contributed by atoms with E-state index in [4.69, 9.17) is 5.73 Å². The second-order valence-electron chi connectivity index (χ2n) is 5.13. The van der Waals surface area contributed by atoms with E-state index in [1.165, 1.54) is 18.3 Å². The number of nitrogen functional groups attached to an aromatic ring is 1. The first-order chi connectivity index (χ1) is 11.3. The summed E-state index contributed by atoms with van der Waals surface area (Å²) in [5.41, 5.74) is 7.59. The maximum absolute atomic E-state index is 12.3. The van der Waals surface area contributed by atoms with Crippen LogP contribution in [0.5, 0.6) is 5.88 Å². The number of hydrogen-bond donors (Lipinski definition) is 2. The van der Waals surface area contributed by atoms with Gasteiger partial charge in [-0.3, -0.25) is 4.79 Å². The molecule has 0 saturated carbocycles. The number of nitrogens with zero attached hydrogens (tertiary/aromatic N) is 1. The first-order valence-corrected chi connectivity index (χ1v) is 7.04. The molecule has 5 nitrogen and oxygen atoms in total. The molecular formula is C16H18Cl2F3N3O2. The number of ether oxygens (including phenoxy) is 1. The van der Waals surface area contributed by atoms with Gasteiger partial charge in [-0.15, -0.1) is 24.8 Å². The average molecular weight is 412 g/mol. The zero-order valence-corrected chi connectivity index (χ0v) is 15.3. The number of halogens is 5. The Hall–Kier alpha value is -2.19. The smallest absolute Gasteiger partial charge is 0.422 e. The van der Waals surface area contributed by atoms with Gasteiger partial charge in [-0.05, 0) is 30.7 Å². The van der Waals surface area contributed by atoms with Gasteiger partial charge < -0.3 is 15.8 Å². The van der Waals surface area contributed by atoms with Crippen LogP contribution in [0.2, 0.25) is 0 Å². The summed E-state index contributed by atoms with van der Waals surface area (Å²) >= 11 is 0. The van der Waals surface area contributed by atoms with Crippen LogP contribution in [-0.2, 0) is 6.54 Å². The molecule has 26 heavy (non-hydrogen) atoms. The van der Waals surface area contributed by atoms with Crippen molar-refractivity contribution >= 4 is 36.4 Å². The Balaban J connectivity index is 0.00000312. The number of alkyl halides is 3. The highest BCUT2D eigenvalue weighted by Gasteiger charge is 2.29. The minimum absolute atomic E-state index is 0. The number of amides is 1. The van der Waals surface area contributed by atoms with Crippen molar-refractivity contribution in [2.24, 2.45) is 0 Å². The summed E-state index contributed by atoms with van der Waals surface area (Å²) in [6, 6.07) is 8.01. The first-order valence-electron chi connectivity index (χ1n) is 7.04. The van der Waals surface area contributed by atoms with Crippen LogP contribution in [0.25, 0.3) is 0 Å². The molecule has 0 aliphatic carbocycles. The summed E-state index contributed by atoms with van der Waals surface area (Å²) in [4.78, 5) is 16.0. The van der Waals surface area contributed by atoms with Gasteiger partial charge in [0.25, 0.3) is 5.91 Å². The van der Waals surface area contributed by atoms with Crippen molar-refractivity contribution in [1.29, 1.82) is 0 Å². The van der Waals surface area contributed by atoms with Crippen molar-refractivity contribution in [3.63, 3.8) is 0 Å². The Morgan fingerprint density at radius 2 is 1.96 bits per heavy atom. The van der Waals surface area contributed by atoms with Gasteiger partial charge in [-0.1, -0.05) is 12.1 Å². The lowest BCUT2D eigenvalue weighted by atomic mass is 10.1. The van der Waals surface area contributed by atoms with Crippen LogP contribution in [0.15, 0.2) is 36.5 Å². The third kappa shape index (κ3) is 6.97. The quantitative estimate of drug-likeness (QED) is 0.735. The Morgan fingerprint density at radius 1 is 1.27 bits per heavy atom. The topological polar surface area (TPSA) is 77.2 Å². The van der Waals surface area contributed by atoms with Gasteiger partial charge in [-0.2, -0.15) is 13.2 Å². The second-order valence-corrected chi connectivity index (χ2v) is 5.13. The maximum Gasteiger partial charge on any atom is 0.422 e. The highest BCUT2D eigenvalue weighted by molar-refractivity contribution is 5.96. The molecule has 0 fully saturated rings. The number of nitrogens with two attached hydrogens (primary N) is 1. The first kappa shape index (κ1) is 23.8. The molecule has 144 valence electrons. The third-order valence-electron chi connectivity index (χ3n) is 3.17. The van der Waals surface area contributed by atoms with Crippen LogP contribution in [0.1, 0.15) is 21.5 Å². The lowest BCUT2D eigenvalue weighted by Gasteiger charge is -2.13. The number of carbonyl (C=O) groups is 1. The summed E-state index contributed by atoms with van der Waals surface area (Å²) in [6.07, 6.45) is -3.14. The standard InChI is InChI=1S/C16H16F3N3O2.2ClH/c1-10-4-5-12(20)7-13(10)14(23)22-8-11-3-2-6-21-15(11)24-9-16(17,18)19;;/h2-7H,8-9,20H2,1H3,(H,22,23);2*1H. The number of rotatable bonds is 5. The van der Waals surface area contributed by atoms with E-state index in [0.717, 1.165) is 5.56 Å². The van der Waals surface area contributed by atoms with Crippen molar-refractivity contribution in [1.82, 2.24) is 10.3 Å². The van der Waals surface area contributed by atoms with E-state index < -0.39 is 12.8 Å². The van der Waals surface area contributed by atoms with Gasteiger partial charge in [0.15, 0.2) is 6.61 Å². The molecule has 10 heteroatoms. The predicted molar refractivity (Wildman–Crippen MR) is 97.0 cm³/mol. The monoisotopic (exact) mass is 411 g/mol. The Labute approximate surface area is 161 Å². The van der Waals surface area contributed by atoms with Gasteiger partial charge in [0.05, 0.1) is 0 Å². The molecular weight excluding hydrogens is 394 g/mol. The van der Waals surface area contributed by atoms with Crippen molar-refractivity contribution in [3.8, 4) is 5.88 Å². The average Bonchev–Trinajstić information content (AvgIpc) is 2.53. The molecule has 0 unspecified atom stereocenters. The van der Waals surface area contributed by atoms with E-state index in [9.17, 15) is 18.0 Å². The summed E-state index contributed by atoms with van der Waals surface area (Å²) < 4.78 is 41.4. The third-order valence-corrected chi connectivity index (χ3v) is 3.17. The number of benzene rings is 1. The number of nitrogens with one attached hydrogen (secondary N) is 1. The van der Waals surface area contributed by atoms with Crippen molar-refractivity contribution in [2.45, 2.75) is 19.6 Å². The zero-order valence-electron chi connectivity index (χ0n) is 13.7. The fourth-order valence-electron chi connectivity index (χ4n) is 1.99. The Kier molecular flexibility index (Phi) is 9.23. The molecule has 0 aliphatic heterocycles. The fraction of sp³-hybridized carbons (Fsp3) is 0.250. The number of hydrogen-bond acceptors (Lipinski definition) is 4. The highest BCUT2D eigenvalue weighted by atomic mass is 35.5. The van der Waals surface area contributed by atoms with Crippen molar-refractivity contribution < 1.29 is 22.7 Å². The minimum atomic E-state index is -4.46. The summed E-state index contributed by atoms with van der Waals surface area (Å²) in [6.45, 7) is 0.295. The normalized spacial score (nSPS) is 10.3. The SMILES string of the molecule is Cc1ccc(N)cc1C(=O)NCc1cccnc1OCC(F)(F)F.Cl.Cl. The molecule has 0 bridgehead atoms. The molecule has 1 aromatic heterocycles. The second kappa shape index (κ2) is 10.1. The maximum atomic E-state index is 12.3. The van der Waals surface area contributed by atoms with Crippen molar-refractivity contribution in [3.05, 3.63) is 53.2 Å². The van der Waals surface area contributed by atoms with E-state index in [2.05, 4.69) is 15.0 Å². The lowest BCUT2D eigenvalue weighted by molar-refractivity contribution is -0.154. The molecule has 2 rings (SSSR count). The van der Waals surface area contributed by atoms with Gasteiger partial charge in [0.2, 0.25) is 5.88 Å². The molecule has 0 aliphatic rings. The van der Waals surface area contributed by atoms with E-state index in [-0.39, 0.29) is 43.1 Å². The molecule has 3 N–H and O–H groups in total. The number of aromatic nitrogens is 1. The zero-order chi connectivity index (χ0) is 17.7. The molecule has 0 atom stereocenters. The van der Waals surface area contributed by atoms with Gasteiger partial charge >= 0.3 is 6.18 Å². The number of anilines is 1. The van der Waals surface area contributed by atoms with Crippen LogP contribution in [-0.4, -0.2) is 23.7 Å². The van der Waals surface area contributed by atoms with Crippen LogP contribution in [0.4, 0.5) is 18.9 Å². The van der Waals surface area contributed by atoms with Crippen LogP contribution in [0, 0.1) is 6.92 Å². The van der Waals surface area contributed by atoms with Crippen LogP contribution < -0.4 is 15.8 Å². The summed E-state index contributed by atoms with van der Waals surface area (Å²) in [5.74, 6) is -0.551. The molecule has 1 amide bonds. The Morgan fingerprint density at radius 3 is 2.62 bits per heavy atom. The van der Waals surface area contributed by atoms with Crippen molar-refractivity contribution in [2.75, 3.05) is 12.3 Å². The fourth-order valence-corrected chi connectivity index (χ4v) is 1.99. The van der Waals surface area contributed by atoms with E-state index in [1.807, 2.05) is 0 Å². The predicted octanol–water partition coefficient (Wildman–Crippen LogP) is 3.69. The Bertz CT molecular complexity index is 743. The summed E-state index contributed by atoms with van der Waals surface area (Å²) in [7, 11) is 0. The van der Waals surface area contributed by atoms with Gasteiger partial charge in [0.1, 0.15) is 0 Å². The summed E-state index contributed by atoms with van der Waals surface area (Å²) in [5, 5.41) is 2.63. The molecule has 1 aromatic carbocycles. The molecule has 0 saturated heterocycles. The van der Waals surface area contributed by atoms with E-state index in [0.29, 0.717) is 16.8 Å². The highest BCUT2D eigenvalue weighted by Crippen LogP contribution is 2.20. The lowest BCUT2D eigenvalue weighted by Crippen LogP contribution is -2.25. The molecule has 2 aromatic rings. The molecule has 1 heterocycles. The van der Waals surface area contributed by atoms with Gasteiger partial charge in [0, 0.05) is 29.6 Å². The van der Waals surface area contributed by atoms with E-state index in [1.54, 1.807) is 25.1 Å². The molecule has 0 radical (unpaired) electrons. The van der Waals surface area contributed by atoms with Crippen LogP contribution in [0.3, 0.4) is 0 Å². The minimum Gasteiger partial charge on any atom is -0.468 e. The number of aryl methyl sites for hydroxylation is 1. The van der Waals surface area contributed by atoms with E-state index >= 15 is 0 Å². The largest absolute Gasteiger partial charge is 0.468 e.